The molecule has 3 rings (SSSR count). The minimum Gasteiger partial charge on any atom is -0.467 e. The van der Waals surface area contributed by atoms with Crippen LogP contribution >= 0.6 is 11.6 Å². The van der Waals surface area contributed by atoms with Crippen molar-refractivity contribution in [2.24, 2.45) is 10.8 Å². The summed E-state index contributed by atoms with van der Waals surface area (Å²) >= 11 is 6.35. The Morgan fingerprint density at radius 1 is 1.15 bits per heavy atom. The van der Waals surface area contributed by atoms with E-state index in [0.29, 0.717) is 17.7 Å². The van der Waals surface area contributed by atoms with Gasteiger partial charge in [-0.05, 0) is 17.5 Å². The van der Waals surface area contributed by atoms with Gasteiger partial charge < -0.3 is 14.2 Å². The molecule has 0 saturated carbocycles. The SMILES string of the molecule is COC(=O)C(Cl)(CC(=C=N)c1cccc(C23OCC(C)(C)C2(C(C)(C)C)OO3)c1)C(=O)OC. The van der Waals surface area contributed by atoms with Gasteiger partial charge in [-0.25, -0.2) is 14.5 Å². The van der Waals surface area contributed by atoms with E-state index in [1.807, 2.05) is 6.07 Å². The van der Waals surface area contributed by atoms with Gasteiger partial charge in [-0.15, -0.1) is 0 Å². The summed E-state index contributed by atoms with van der Waals surface area (Å²) in [4.78, 5) is 34.0. The number of allylic oxidation sites excluding steroid dienone is 1. The molecular formula is C24H30ClNO7. The first-order valence-corrected chi connectivity index (χ1v) is 10.9. The Hall–Kier alpha value is -2.22. The molecule has 0 bridgehead atoms. The molecule has 180 valence electrons. The van der Waals surface area contributed by atoms with Crippen molar-refractivity contribution in [3.8, 4) is 0 Å². The number of halogens is 1. The van der Waals surface area contributed by atoms with Crippen LogP contribution in [0.15, 0.2) is 24.3 Å². The minimum absolute atomic E-state index is 0.206. The molecule has 2 saturated heterocycles. The second-order valence-electron chi connectivity index (χ2n) is 10.0. The third-order valence-electron chi connectivity index (χ3n) is 6.57. The third kappa shape index (κ3) is 3.44. The Bertz CT molecular complexity index is 1010. The van der Waals surface area contributed by atoms with Gasteiger partial charge in [0, 0.05) is 28.4 Å². The summed E-state index contributed by atoms with van der Waals surface area (Å²) in [7, 11) is 2.24. The summed E-state index contributed by atoms with van der Waals surface area (Å²) in [6.07, 6.45) is -0.359. The number of fused-ring (bicyclic) bond motifs is 1. The lowest BCUT2D eigenvalue weighted by Gasteiger charge is -2.61. The quantitative estimate of drug-likeness (QED) is 0.216. The molecule has 2 aliphatic heterocycles. The Kier molecular flexibility index (Phi) is 6.33. The van der Waals surface area contributed by atoms with Crippen LogP contribution in [0.3, 0.4) is 0 Å². The fraction of sp³-hybridized carbons (Fsp3) is 0.583. The Morgan fingerprint density at radius 3 is 2.21 bits per heavy atom. The van der Waals surface area contributed by atoms with Gasteiger partial charge in [-0.3, -0.25) is 5.41 Å². The minimum atomic E-state index is -2.15. The smallest absolute Gasteiger partial charge is 0.338 e. The molecular weight excluding hydrogens is 450 g/mol. The Balaban J connectivity index is 2.06. The molecule has 0 spiro atoms. The van der Waals surface area contributed by atoms with Gasteiger partial charge in [0.05, 0.1) is 20.8 Å². The van der Waals surface area contributed by atoms with E-state index in [1.54, 1.807) is 18.2 Å². The number of alkyl halides is 1. The average Bonchev–Trinajstić information content (AvgIpc) is 2.91. The molecule has 0 aromatic heterocycles. The molecule has 2 unspecified atom stereocenters. The summed E-state index contributed by atoms with van der Waals surface area (Å²) in [5.41, 5.74) is -0.0901. The van der Waals surface area contributed by atoms with E-state index >= 15 is 0 Å². The summed E-state index contributed by atoms with van der Waals surface area (Å²) in [5.74, 6) is -0.833. The number of hydrogen-bond acceptors (Lipinski definition) is 8. The second kappa shape index (κ2) is 8.22. The maximum Gasteiger partial charge on any atom is 0.338 e. The molecule has 2 heterocycles. The number of hydrogen-bond donors (Lipinski definition) is 1. The van der Waals surface area contributed by atoms with Gasteiger partial charge in [0.15, 0.2) is 5.60 Å². The van der Waals surface area contributed by atoms with Crippen LogP contribution in [-0.4, -0.2) is 49.1 Å². The molecule has 33 heavy (non-hydrogen) atoms. The van der Waals surface area contributed by atoms with Crippen LogP contribution in [0.2, 0.25) is 0 Å². The van der Waals surface area contributed by atoms with E-state index in [-0.39, 0.29) is 22.8 Å². The highest BCUT2D eigenvalue weighted by atomic mass is 35.5. The van der Waals surface area contributed by atoms with Crippen molar-refractivity contribution < 1.29 is 33.6 Å². The maximum atomic E-state index is 12.3. The summed E-state index contributed by atoms with van der Waals surface area (Å²) in [6.45, 7) is 10.8. The van der Waals surface area contributed by atoms with E-state index in [1.165, 1.54) is 0 Å². The number of carbonyl (C=O) groups excluding carboxylic acids is 2. The highest BCUT2D eigenvalue weighted by Crippen LogP contribution is 2.69. The van der Waals surface area contributed by atoms with Crippen molar-refractivity contribution in [3.05, 3.63) is 35.4 Å². The lowest BCUT2D eigenvalue weighted by atomic mass is 9.57. The van der Waals surface area contributed by atoms with Gasteiger partial charge in [0.2, 0.25) is 4.87 Å². The lowest BCUT2D eigenvalue weighted by Crippen LogP contribution is -2.73. The molecule has 2 fully saturated rings. The normalized spacial score (nSPS) is 25.9. The monoisotopic (exact) mass is 479 g/mol. The topological polar surface area (TPSA) is 104 Å². The second-order valence-corrected chi connectivity index (χ2v) is 10.7. The molecule has 0 radical (unpaired) electrons. The number of nitrogens with one attached hydrogen (secondary N) is 1. The van der Waals surface area contributed by atoms with Crippen LogP contribution in [-0.2, 0) is 39.4 Å². The van der Waals surface area contributed by atoms with Crippen molar-refractivity contribution in [1.29, 1.82) is 5.41 Å². The predicted octanol–water partition coefficient (Wildman–Crippen LogP) is 3.99. The molecule has 8 nitrogen and oxygen atoms in total. The van der Waals surface area contributed by atoms with Gasteiger partial charge in [-0.1, -0.05) is 64.4 Å². The van der Waals surface area contributed by atoms with Crippen molar-refractivity contribution in [2.45, 2.75) is 57.3 Å². The largest absolute Gasteiger partial charge is 0.467 e. The number of rotatable bonds is 6. The van der Waals surface area contributed by atoms with E-state index < -0.39 is 28.2 Å². The van der Waals surface area contributed by atoms with Crippen molar-refractivity contribution >= 4 is 35.0 Å². The third-order valence-corrected chi connectivity index (χ3v) is 7.02. The predicted molar refractivity (Wildman–Crippen MR) is 121 cm³/mol. The van der Waals surface area contributed by atoms with Gasteiger partial charge in [-0.2, -0.15) is 4.89 Å². The van der Waals surface area contributed by atoms with Gasteiger partial charge in [0.25, 0.3) is 5.79 Å². The van der Waals surface area contributed by atoms with E-state index in [9.17, 15) is 9.59 Å². The summed E-state index contributed by atoms with van der Waals surface area (Å²) in [5, 5.41) is 7.82. The molecule has 1 N–H and O–H groups in total. The van der Waals surface area contributed by atoms with Crippen molar-refractivity contribution in [2.75, 3.05) is 20.8 Å². The number of ether oxygens (including phenoxy) is 3. The first-order valence-electron chi connectivity index (χ1n) is 10.5. The van der Waals surface area contributed by atoms with Crippen LogP contribution < -0.4 is 0 Å². The van der Waals surface area contributed by atoms with Gasteiger partial charge >= 0.3 is 11.9 Å². The van der Waals surface area contributed by atoms with Gasteiger partial charge in [0.1, 0.15) is 0 Å². The number of carbonyl (C=O) groups is 2. The van der Waals surface area contributed by atoms with Crippen LogP contribution in [0, 0.1) is 16.2 Å². The standard InChI is InChI=1S/C24H30ClNO7/c1-20(2,3)24-21(4,5)14-31-23(24,32-33-24)17-10-8-9-15(11-17)16(13-26)12-22(25,18(27)29-6)19(28)30-7/h8-11,26H,12,14H2,1-7H3. The maximum absolute atomic E-state index is 12.3. The lowest BCUT2D eigenvalue weighted by molar-refractivity contribution is -0.626. The van der Waals surface area contributed by atoms with Crippen LogP contribution in [0.5, 0.6) is 0 Å². The van der Waals surface area contributed by atoms with E-state index in [0.717, 1.165) is 14.2 Å². The average molecular weight is 480 g/mol. The molecule has 1 aromatic carbocycles. The number of esters is 2. The van der Waals surface area contributed by atoms with Crippen LogP contribution in [0.25, 0.3) is 5.57 Å². The van der Waals surface area contributed by atoms with Crippen LogP contribution in [0.1, 0.15) is 52.2 Å². The fourth-order valence-electron chi connectivity index (χ4n) is 5.16. The first-order chi connectivity index (χ1) is 15.3. The fourth-order valence-corrected chi connectivity index (χ4v) is 5.45. The number of benzene rings is 1. The van der Waals surface area contributed by atoms with Crippen LogP contribution in [0.4, 0.5) is 0 Å². The zero-order valence-electron chi connectivity index (χ0n) is 20.0. The van der Waals surface area contributed by atoms with E-state index in [4.69, 9.17) is 41.0 Å². The highest BCUT2D eigenvalue weighted by molar-refractivity contribution is 6.45. The molecule has 1 aromatic rings. The zero-order chi connectivity index (χ0) is 24.9. The molecule has 0 aliphatic carbocycles. The Labute approximate surface area is 198 Å². The molecule has 2 aliphatic rings. The van der Waals surface area contributed by atoms with Crippen molar-refractivity contribution in [1.82, 2.24) is 0 Å². The first kappa shape index (κ1) is 25.4. The number of methoxy groups -OCH3 is 2. The zero-order valence-corrected chi connectivity index (χ0v) is 20.7. The van der Waals surface area contributed by atoms with E-state index in [2.05, 4.69) is 40.5 Å². The molecule has 9 heteroatoms. The molecule has 2 atom stereocenters. The highest BCUT2D eigenvalue weighted by Gasteiger charge is 2.81. The van der Waals surface area contributed by atoms with Crippen molar-refractivity contribution in [3.63, 3.8) is 0 Å². The summed E-state index contributed by atoms with van der Waals surface area (Å²) in [6, 6.07) is 7.12. The molecule has 0 amide bonds. The summed E-state index contributed by atoms with van der Waals surface area (Å²) < 4.78 is 15.7. The Morgan fingerprint density at radius 2 is 1.76 bits per heavy atom.